The van der Waals surface area contributed by atoms with Gasteiger partial charge in [0.25, 0.3) is 0 Å². The average Bonchev–Trinajstić information content (AvgIpc) is 2.75. The van der Waals surface area contributed by atoms with Crippen molar-refractivity contribution >= 4 is 22.5 Å². The number of esters is 1. The van der Waals surface area contributed by atoms with E-state index in [-0.39, 0.29) is 35.6 Å². The third-order valence-corrected chi connectivity index (χ3v) is 6.66. The zero-order valence-electron chi connectivity index (χ0n) is 20.6. The summed E-state index contributed by atoms with van der Waals surface area (Å²) in [4.78, 5) is 36.3. The molecular weight excluding hydrogens is 470 g/mol. The van der Waals surface area contributed by atoms with Crippen molar-refractivity contribution < 1.29 is 44.4 Å². The minimum Gasteiger partial charge on any atom is -0.508 e. The fourth-order valence-corrected chi connectivity index (χ4v) is 5.13. The predicted octanol–water partition coefficient (Wildman–Crippen LogP) is 2.87. The summed E-state index contributed by atoms with van der Waals surface area (Å²) < 4.78 is 5.33. The zero-order chi connectivity index (χ0) is 26.4. The molecule has 2 aliphatic rings. The molecular formula is C26H31NO9. The summed E-state index contributed by atoms with van der Waals surface area (Å²) in [5.41, 5.74) is 2.26. The zero-order valence-corrected chi connectivity index (χ0v) is 20.6. The number of fused-ring (bicyclic) bond motifs is 2. The van der Waals surface area contributed by atoms with E-state index in [0.29, 0.717) is 29.4 Å². The van der Waals surface area contributed by atoms with Crippen LogP contribution in [0.3, 0.4) is 0 Å². The Bertz CT molecular complexity index is 1250. The van der Waals surface area contributed by atoms with Crippen LogP contribution in [0.4, 0.5) is 0 Å². The van der Waals surface area contributed by atoms with Gasteiger partial charge in [-0.2, -0.15) is 0 Å². The summed E-state index contributed by atoms with van der Waals surface area (Å²) in [5.74, 6) is -2.68. The predicted molar refractivity (Wildman–Crippen MR) is 128 cm³/mol. The Morgan fingerprint density at radius 1 is 1.22 bits per heavy atom. The molecule has 1 heterocycles. The molecule has 1 saturated heterocycles. The van der Waals surface area contributed by atoms with Gasteiger partial charge in [0, 0.05) is 32.3 Å². The van der Waals surface area contributed by atoms with Crippen LogP contribution in [0.1, 0.15) is 62.0 Å². The van der Waals surface area contributed by atoms with Gasteiger partial charge < -0.3 is 25.2 Å². The second-order valence-corrected chi connectivity index (χ2v) is 9.88. The first-order valence-electron chi connectivity index (χ1n) is 11.8. The van der Waals surface area contributed by atoms with E-state index in [2.05, 4.69) is 5.64 Å². The van der Waals surface area contributed by atoms with E-state index in [0.717, 1.165) is 18.6 Å². The van der Waals surface area contributed by atoms with Gasteiger partial charge in [-0.05, 0) is 49.8 Å². The van der Waals surface area contributed by atoms with Crippen LogP contribution in [-0.4, -0.2) is 56.1 Å². The molecule has 5 N–H and O–H groups in total. The van der Waals surface area contributed by atoms with Crippen LogP contribution in [0, 0.1) is 0 Å². The number of benzene rings is 2. The lowest BCUT2D eigenvalue weighted by Gasteiger charge is -2.42. The highest BCUT2D eigenvalue weighted by atomic mass is 16.9. The highest BCUT2D eigenvalue weighted by Crippen LogP contribution is 2.48. The van der Waals surface area contributed by atoms with Crippen molar-refractivity contribution in [1.29, 1.82) is 0 Å². The van der Waals surface area contributed by atoms with Crippen molar-refractivity contribution in [3.05, 3.63) is 40.5 Å². The first kappa shape index (κ1) is 25.9. The summed E-state index contributed by atoms with van der Waals surface area (Å²) in [6, 6.07) is 2.47. The normalized spacial score (nSPS) is 25.9. The van der Waals surface area contributed by atoms with Crippen LogP contribution < -0.4 is 5.64 Å². The van der Waals surface area contributed by atoms with Crippen LogP contribution in [-0.2, 0) is 32.0 Å². The van der Waals surface area contributed by atoms with Gasteiger partial charge in [0.2, 0.25) is 5.78 Å². The van der Waals surface area contributed by atoms with Crippen molar-refractivity contribution in [2.45, 2.75) is 77.3 Å². The quantitative estimate of drug-likeness (QED) is 0.305. The number of ether oxygens (including phenoxy) is 1. The van der Waals surface area contributed by atoms with Crippen molar-refractivity contribution in [3.63, 3.8) is 0 Å². The number of ketones is 1. The number of Topliss-reactive ketones (excluding diaryl/α,β-unsaturated/α-hetero) is 1. The molecule has 10 heteroatoms. The van der Waals surface area contributed by atoms with Crippen molar-refractivity contribution in [1.82, 2.24) is 5.64 Å². The molecule has 36 heavy (non-hydrogen) atoms. The largest absolute Gasteiger partial charge is 0.508 e. The highest BCUT2D eigenvalue weighted by Gasteiger charge is 2.52. The summed E-state index contributed by atoms with van der Waals surface area (Å²) in [5, 5.41) is 44.1. The number of aromatic hydroxyl groups is 3. The van der Waals surface area contributed by atoms with E-state index in [4.69, 9.17) is 14.4 Å². The van der Waals surface area contributed by atoms with E-state index in [1.54, 1.807) is 0 Å². The van der Waals surface area contributed by atoms with Crippen LogP contribution >= 0.6 is 0 Å². The van der Waals surface area contributed by atoms with Crippen LogP contribution in [0.15, 0.2) is 23.8 Å². The second kappa shape index (κ2) is 9.70. The fraction of sp³-hybridized carbons (Fsp3) is 0.462. The number of allylic oxidation sites excluding steroid dienone is 2. The maximum atomic E-state index is 13.8. The SMILES string of the molecule is CC(=O)O[C@@H]1C(=O)c2c(c(CC=C(C)C)c3cc(O)cc(O)c3c2O)C[C@@]1(O)CC1CC(C)ONO1. The van der Waals surface area contributed by atoms with Crippen LogP contribution in [0.25, 0.3) is 10.8 Å². The average molecular weight is 502 g/mol. The lowest BCUT2D eigenvalue weighted by Crippen LogP contribution is -2.57. The van der Waals surface area contributed by atoms with E-state index in [1.165, 1.54) is 6.07 Å². The third-order valence-electron chi connectivity index (χ3n) is 6.66. The van der Waals surface area contributed by atoms with Crippen molar-refractivity contribution in [3.8, 4) is 17.2 Å². The van der Waals surface area contributed by atoms with E-state index in [1.807, 2.05) is 26.8 Å². The maximum absolute atomic E-state index is 13.8. The standard InChI is InChI=1S/C26H31NO9/c1-12(2)5-6-17-18-8-15(29)9-20(30)21(18)23(31)22-19(17)11-26(33,25(24(22)32)34-14(4)28)10-16-7-13(3)35-27-36-16/h5,8-9,13,16,25,27,29-31,33H,6-7,10-11H2,1-4H3/t13?,16?,25-,26+/m1/s1. The Hall–Kier alpha value is -3.18. The molecule has 10 nitrogen and oxygen atoms in total. The molecule has 0 spiro atoms. The van der Waals surface area contributed by atoms with Gasteiger partial charge in [-0.3, -0.25) is 19.3 Å². The van der Waals surface area contributed by atoms with Gasteiger partial charge in [-0.1, -0.05) is 17.3 Å². The third kappa shape index (κ3) is 4.77. The smallest absolute Gasteiger partial charge is 0.303 e. The van der Waals surface area contributed by atoms with Gasteiger partial charge in [0.1, 0.15) is 22.8 Å². The van der Waals surface area contributed by atoms with Gasteiger partial charge in [-0.25, -0.2) is 0 Å². The molecule has 2 unspecified atom stereocenters. The van der Waals surface area contributed by atoms with Gasteiger partial charge in [0.15, 0.2) is 6.10 Å². The summed E-state index contributed by atoms with van der Waals surface area (Å²) in [6.07, 6.45) is 0.0189. The number of carbonyl (C=O) groups is 2. The molecule has 4 rings (SSSR count). The molecule has 1 aliphatic carbocycles. The van der Waals surface area contributed by atoms with Crippen LogP contribution in [0.2, 0.25) is 0 Å². The molecule has 1 aliphatic heterocycles. The summed E-state index contributed by atoms with van der Waals surface area (Å²) in [6.45, 7) is 6.75. The van der Waals surface area contributed by atoms with E-state index >= 15 is 0 Å². The Labute approximate surface area is 208 Å². The summed E-state index contributed by atoms with van der Waals surface area (Å²) >= 11 is 0. The summed E-state index contributed by atoms with van der Waals surface area (Å²) in [7, 11) is 0. The molecule has 4 atom stereocenters. The number of rotatable bonds is 5. The molecule has 2 aromatic rings. The lowest BCUT2D eigenvalue weighted by atomic mass is 9.71. The Morgan fingerprint density at radius 2 is 1.94 bits per heavy atom. The van der Waals surface area contributed by atoms with Gasteiger partial charge in [0.05, 0.1) is 23.2 Å². The maximum Gasteiger partial charge on any atom is 0.303 e. The minimum atomic E-state index is -1.86. The molecule has 2 aromatic carbocycles. The monoisotopic (exact) mass is 501 g/mol. The number of phenolic OH excluding ortho intramolecular Hbond substituents is 3. The minimum absolute atomic E-state index is 0.00476. The number of hydrogen-bond donors (Lipinski definition) is 5. The lowest BCUT2D eigenvalue weighted by molar-refractivity contribution is -0.274. The Morgan fingerprint density at radius 3 is 2.58 bits per heavy atom. The molecule has 194 valence electrons. The van der Waals surface area contributed by atoms with E-state index in [9.17, 15) is 30.0 Å². The molecule has 0 saturated carbocycles. The molecule has 0 bridgehead atoms. The fourth-order valence-electron chi connectivity index (χ4n) is 5.13. The number of phenols is 3. The number of carbonyl (C=O) groups excluding carboxylic acids is 2. The van der Waals surface area contributed by atoms with E-state index < -0.39 is 41.1 Å². The number of nitrogens with one attached hydrogen (secondary N) is 1. The first-order chi connectivity index (χ1) is 16.9. The number of aliphatic hydroxyl groups is 1. The van der Waals surface area contributed by atoms with Crippen molar-refractivity contribution in [2.75, 3.05) is 0 Å². The highest BCUT2D eigenvalue weighted by molar-refractivity contribution is 6.12. The number of hydrogen-bond acceptors (Lipinski definition) is 10. The topological polar surface area (TPSA) is 155 Å². The first-order valence-corrected chi connectivity index (χ1v) is 11.8. The Balaban J connectivity index is 1.95. The molecule has 1 fully saturated rings. The molecule has 0 radical (unpaired) electrons. The van der Waals surface area contributed by atoms with Crippen molar-refractivity contribution in [2.24, 2.45) is 0 Å². The Kier molecular flexibility index (Phi) is 6.98. The molecule has 0 aromatic heterocycles. The van der Waals surface area contributed by atoms with Gasteiger partial charge in [-0.15, -0.1) is 0 Å². The second-order valence-electron chi connectivity index (χ2n) is 9.88. The molecule has 0 amide bonds. The van der Waals surface area contributed by atoms with Gasteiger partial charge >= 0.3 is 5.97 Å². The van der Waals surface area contributed by atoms with Crippen LogP contribution in [0.5, 0.6) is 17.2 Å².